The fourth-order valence-electron chi connectivity index (χ4n) is 0.342. The van der Waals surface area contributed by atoms with Crippen molar-refractivity contribution in [2.45, 2.75) is 12.8 Å². The highest BCUT2D eigenvalue weighted by molar-refractivity contribution is 7.80. The highest BCUT2D eigenvalue weighted by atomic mass is 32.1. The largest absolute Gasteiger partial charge is 0.484 e. The standard InChI is InChI=1S/C5H11NOS/c1-7-5(6)3-2-4-8/h6,8H,2-4H2,1H3. The molecule has 0 atom stereocenters. The van der Waals surface area contributed by atoms with Crippen LogP contribution in [0.2, 0.25) is 0 Å². The summed E-state index contributed by atoms with van der Waals surface area (Å²) < 4.78 is 4.60. The summed E-state index contributed by atoms with van der Waals surface area (Å²) >= 11 is 3.98. The van der Waals surface area contributed by atoms with Crippen molar-refractivity contribution in [1.29, 1.82) is 5.41 Å². The first-order valence-corrected chi connectivity index (χ1v) is 3.16. The minimum Gasteiger partial charge on any atom is -0.484 e. The molecular weight excluding hydrogens is 122 g/mol. The molecule has 1 N–H and O–H groups in total. The molecule has 48 valence electrons. The number of hydrogen-bond acceptors (Lipinski definition) is 3. The molecule has 0 heterocycles. The zero-order chi connectivity index (χ0) is 6.41. The van der Waals surface area contributed by atoms with Gasteiger partial charge in [0, 0.05) is 6.42 Å². The van der Waals surface area contributed by atoms with Crippen molar-refractivity contribution < 1.29 is 4.74 Å². The SMILES string of the molecule is COC(=N)CCCS. The topological polar surface area (TPSA) is 33.1 Å². The highest BCUT2D eigenvalue weighted by Crippen LogP contribution is 1.92. The molecule has 0 radical (unpaired) electrons. The second-order valence-corrected chi connectivity index (χ2v) is 1.90. The van der Waals surface area contributed by atoms with E-state index in [-0.39, 0.29) is 0 Å². The normalized spacial score (nSPS) is 8.75. The summed E-state index contributed by atoms with van der Waals surface area (Å²) in [5, 5.41) is 6.98. The number of rotatable bonds is 3. The number of ether oxygens (including phenoxy) is 1. The van der Waals surface area contributed by atoms with Crippen LogP contribution in [0.3, 0.4) is 0 Å². The quantitative estimate of drug-likeness (QED) is 0.340. The van der Waals surface area contributed by atoms with Crippen LogP contribution in [0.5, 0.6) is 0 Å². The average molecular weight is 133 g/mol. The minimum absolute atomic E-state index is 0.346. The lowest BCUT2D eigenvalue weighted by molar-refractivity contribution is 0.385. The van der Waals surface area contributed by atoms with Crippen molar-refractivity contribution in [2.24, 2.45) is 0 Å². The predicted molar refractivity (Wildman–Crippen MR) is 37.8 cm³/mol. The van der Waals surface area contributed by atoms with Crippen molar-refractivity contribution in [2.75, 3.05) is 12.9 Å². The first kappa shape index (κ1) is 7.82. The van der Waals surface area contributed by atoms with E-state index in [1.54, 1.807) is 0 Å². The van der Waals surface area contributed by atoms with Crippen LogP contribution in [0.1, 0.15) is 12.8 Å². The number of thiol groups is 1. The Hall–Kier alpha value is -0.180. The van der Waals surface area contributed by atoms with E-state index >= 15 is 0 Å². The van der Waals surface area contributed by atoms with Gasteiger partial charge in [-0.2, -0.15) is 12.6 Å². The van der Waals surface area contributed by atoms with Crippen molar-refractivity contribution in [1.82, 2.24) is 0 Å². The van der Waals surface area contributed by atoms with Gasteiger partial charge in [-0.25, -0.2) is 0 Å². The first-order valence-electron chi connectivity index (χ1n) is 2.53. The van der Waals surface area contributed by atoms with Gasteiger partial charge in [-0.05, 0) is 12.2 Å². The first-order chi connectivity index (χ1) is 3.81. The van der Waals surface area contributed by atoms with E-state index in [9.17, 15) is 0 Å². The van der Waals surface area contributed by atoms with Gasteiger partial charge in [0.1, 0.15) is 0 Å². The molecule has 0 aliphatic carbocycles. The molecule has 0 aliphatic rings. The van der Waals surface area contributed by atoms with Crippen molar-refractivity contribution in [3.05, 3.63) is 0 Å². The third-order valence-electron chi connectivity index (χ3n) is 0.808. The molecule has 0 aromatic carbocycles. The molecule has 0 saturated carbocycles. The fraction of sp³-hybridized carbons (Fsp3) is 0.800. The maximum absolute atomic E-state index is 6.98. The Labute approximate surface area is 55.2 Å². The smallest absolute Gasteiger partial charge is 0.180 e. The molecule has 2 nitrogen and oxygen atoms in total. The Balaban J connectivity index is 2.99. The highest BCUT2D eigenvalue weighted by Gasteiger charge is 1.90. The Morgan fingerprint density at radius 3 is 2.75 bits per heavy atom. The van der Waals surface area contributed by atoms with Crippen molar-refractivity contribution in [3.8, 4) is 0 Å². The van der Waals surface area contributed by atoms with E-state index in [0.717, 1.165) is 12.2 Å². The zero-order valence-electron chi connectivity index (χ0n) is 4.98. The Morgan fingerprint density at radius 2 is 2.38 bits per heavy atom. The molecule has 0 unspecified atom stereocenters. The minimum atomic E-state index is 0.346. The predicted octanol–water partition coefficient (Wildman–Crippen LogP) is 1.32. The van der Waals surface area contributed by atoms with Crippen LogP contribution in [-0.4, -0.2) is 18.8 Å². The Morgan fingerprint density at radius 1 is 1.75 bits per heavy atom. The van der Waals surface area contributed by atoms with Crippen LogP contribution in [0.4, 0.5) is 0 Å². The zero-order valence-corrected chi connectivity index (χ0v) is 5.87. The van der Waals surface area contributed by atoms with Gasteiger partial charge >= 0.3 is 0 Å². The molecular formula is C5H11NOS. The van der Waals surface area contributed by atoms with Gasteiger partial charge in [0.15, 0.2) is 5.90 Å². The molecule has 0 fully saturated rings. The van der Waals surface area contributed by atoms with Gasteiger partial charge < -0.3 is 4.74 Å². The van der Waals surface area contributed by atoms with Gasteiger partial charge in [0.2, 0.25) is 0 Å². The second-order valence-electron chi connectivity index (χ2n) is 1.45. The molecule has 0 aromatic rings. The molecule has 0 saturated heterocycles. The van der Waals surface area contributed by atoms with Gasteiger partial charge in [0.05, 0.1) is 7.11 Å². The lowest BCUT2D eigenvalue weighted by atomic mass is 10.3. The number of hydrogen-bond donors (Lipinski definition) is 2. The van der Waals surface area contributed by atoms with Crippen LogP contribution in [0.15, 0.2) is 0 Å². The summed E-state index contributed by atoms with van der Waals surface area (Å²) in [4.78, 5) is 0. The third kappa shape index (κ3) is 3.99. The van der Waals surface area contributed by atoms with Crippen LogP contribution < -0.4 is 0 Å². The summed E-state index contributed by atoms with van der Waals surface area (Å²) in [7, 11) is 1.51. The summed E-state index contributed by atoms with van der Waals surface area (Å²) in [5.41, 5.74) is 0. The van der Waals surface area contributed by atoms with Crippen LogP contribution in [-0.2, 0) is 4.74 Å². The summed E-state index contributed by atoms with van der Waals surface area (Å²) in [6.45, 7) is 0. The van der Waals surface area contributed by atoms with Crippen LogP contribution in [0, 0.1) is 5.41 Å². The average Bonchev–Trinajstić information content (AvgIpc) is 1.83. The van der Waals surface area contributed by atoms with Gasteiger partial charge in [0.25, 0.3) is 0 Å². The van der Waals surface area contributed by atoms with Crippen LogP contribution in [0.25, 0.3) is 0 Å². The molecule has 0 aromatic heterocycles. The fourth-order valence-corrected chi connectivity index (χ4v) is 0.500. The van der Waals surface area contributed by atoms with Crippen LogP contribution >= 0.6 is 12.6 Å². The Bertz CT molecular complexity index is 74.8. The molecule has 8 heavy (non-hydrogen) atoms. The number of nitrogens with one attached hydrogen (secondary N) is 1. The monoisotopic (exact) mass is 133 g/mol. The maximum Gasteiger partial charge on any atom is 0.180 e. The molecule has 0 amide bonds. The second kappa shape index (κ2) is 4.97. The summed E-state index contributed by atoms with van der Waals surface area (Å²) in [6.07, 6.45) is 1.63. The van der Waals surface area contributed by atoms with E-state index < -0.39 is 0 Å². The lowest BCUT2D eigenvalue weighted by Gasteiger charge is -1.97. The summed E-state index contributed by atoms with van der Waals surface area (Å²) in [5.74, 6) is 1.17. The van der Waals surface area contributed by atoms with E-state index in [4.69, 9.17) is 5.41 Å². The van der Waals surface area contributed by atoms with Gasteiger partial charge in [-0.1, -0.05) is 0 Å². The van der Waals surface area contributed by atoms with Gasteiger partial charge in [-0.3, -0.25) is 5.41 Å². The Kier molecular flexibility index (Phi) is 4.85. The number of methoxy groups -OCH3 is 1. The van der Waals surface area contributed by atoms with Crippen molar-refractivity contribution in [3.63, 3.8) is 0 Å². The molecule has 0 bridgehead atoms. The van der Waals surface area contributed by atoms with E-state index in [1.165, 1.54) is 7.11 Å². The molecule has 0 rings (SSSR count). The lowest BCUT2D eigenvalue weighted by Crippen LogP contribution is -1.98. The third-order valence-corrected chi connectivity index (χ3v) is 1.12. The van der Waals surface area contributed by atoms with Crippen molar-refractivity contribution >= 4 is 18.5 Å². The molecule has 0 aliphatic heterocycles. The van der Waals surface area contributed by atoms with E-state index in [0.29, 0.717) is 12.3 Å². The molecule has 3 heteroatoms. The summed E-state index contributed by atoms with van der Waals surface area (Å²) in [6, 6.07) is 0. The molecule has 0 spiro atoms. The van der Waals surface area contributed by atoms with E-state index in [1.807, 2.05) is 0 Å². The van der Waals surface area contributed by atoms with E-state index in [2.05, 4.69) is 17.4 Å². The van der Waals surface area contributed by atoms with Gasteiger partial charge in [-0.15, -0.1) is 0 Å². The maximum atomic E-state index is 6.98.